The Hall–Kier alpha value is -3.10. The number of aromatic nitrogens is 3. The van der Waals surface area contributed by atoms with Crippen molar-refractivity contribution in [3.8, 4) is 11.3 Å². The molecule has 3 aromatic heterocycles. The summed E-state index contributed by atoms with van der Waals surface area (Å²) >= 11 is 0. The zero-order chi connectivity index (χ0) is 19.7. The van der Waals surface area contributed by atoms with Crippen molar-refractivity contribution in [3.05, 3.63) is 58.9 Å². The molecule has 0 aliphatic heterocycles. The van der Waals surface area contributed by atoms with E-state index in [1.54, 1.807) is 35.4 Å². The van der Waals surface area contributed by atoms with Crippen molar-refractivity contribution in [1.82, 2.24) is 14.8 Å². The van der Waals surface area contributed by atoms with Crippen LogP contribution in [0.2, 0.25) is 0 Å². The molecule has 0 bridgehead atoms. The Morgan fingerprint density at radius 1 is 1.29 bits per heavy atom. The second-order valence-electron chi connectivity index (χ2n) is 7.31. The highest BCUT2D eigenvalue weighted by atomic mass is 19.4. The fraction of sp³-hybridized carbons (Fsp3) is 0.316. The molecule has 0 saturated heterocycles. The van der Waals surface area contributed by atoms with Crippen molar-refractivity contribution in [3.63, 3.8) is 0 Å². The second-order valence-corrected chi connectivity index (χ2v) is 7.31. The van der Waals surface area contributed by atoms with E-state index in [0.717, 1.165) is 24.0 Å². The highest BCUT2D eigenvalue weighted by Crippen LogP contribution is 2.59. The van der Waals surface area contributed by atoms with Gasteiger partial charge in [0.1, 0.15) is 17.0 Å². The van der Waals surface area contributed by atoms with Gasteiger partial charge in [0.25, 0.3) is 0 Å². The summed E-state index contributed by atoms with van der Waals surface area (Å²) in [5.41, 5.74) is 0.0323. The summed E-state index contributed by atoms with van der Waals surface area (Å²) in [5, 5.41) is 13.7. The molecule has 144 valence electrons. The molecule has 9 heteroatoms. The summed E-state index contributed by atoms with van der Waals surface area (Å²) in [6, 6.07) is 3.61. The summed E-state index contributed by atoms with van der Waals surface area (Å²) in [5.74, 6) is -2.74. The van der Waals surface area contributed by atoms with Gasteiger partial charge in [-0.25, -0.2) is 4.79 Å². The van der Waals surface area contributed by atoms with Crippen LogP contribution in [0, 0.1) is 0 Å². The first-order valence-electron chi connectivity index (χ1n) is 8.72. The number of furan rings is 1. The molecule has 1 saturated carbocycles. The maximum Gasteiger partial charge on any atom is 0.421 e. The van der Waals surface area contributed by atoms with Gasteiger partial charge in [-0.3, -0.25) is 9.67 Å². The van der Waals surface area contributed by atoms with Crippen molar-refractivity contribution in [2.24, 2.45) is 0 Å². The van der Waals surface area contributed by atoms with Crippen LogP contribution in [0.15, 0.2) is 35.1 Å². The Morgan fingerprint density at radius 3 is 2.61 bits per heavy atom. The lowest BCUT2D eigenvalue weighted by molar-refractivity contribution is -0.138. The van der Waals surface area contributed by atoms with Gasteiger partial charge in [-0.1, -0.05) is 0 Å². The van der Waals surface area contributed by atoms with Crippen molar-refractivity contribution < 1.29 is 27.5 Å². The van der Waals surface area contributed by atoms with E-state index in [9.17, 15) is 23.1 Å². The van der Waals surface area contributed by atoms with Gasteiger partial charge in [0.05, 0.1) is 12.1 Å². The molecule has 28 heavy (non-hydrogen) atoms. The molecule has 0 amide bonds. The van der Waals surface area contributed by atoms with Crippen molar-refractivity contribution >= 4 is 5.97 Å². The van der Waals surface area contributed by atoms with E-state index in [0.29, 0.717) is 6.54 Å². The Labute approximate surface area is 156 Å². The lowest BCUT2D eigenvalue weighted by Gasteiger charge is -2.20. The maximum absolute atomic E-state index is 13.7. The molecule has 1 N–H and O–H groups in total. The van der Waals surface area contributed by atoms with E-state index in [1.807, 2.05) is 0 Å². The van der Waals surface area contributed by atoms with E-state index >= 15 is 0 Å². The Bertz CT molecular complexity index is 1100. The lowest BCUT2D eigenvalue weighted by atomic mass is 9.82. The minimum Gasteiger partial charge on any atom is -0.475 e. The van der Waals surface area contributed by atoms with Crippen LogP contribution in [0.4, 0.5) is 13.2 Å². The predicted octanol–water partition coefficient (Wildman–Crippen LogP) is 3.89. The minimum atomic E-state index is -4.86. The standard InChI is InChI=1S/C19H14F3N3O3/c20-19(21,22)14-13-12(28-16(14)17(26)27)7-18(3-4-18)11-9-25(24-15(11)13)8-10-1-5-23-6-2-10/h1-2,5-6,9H,3-4,7-8H2,(H,26,27). The topological polar surface area (TPSA) is 81.1 Å². The smallest absolute Gasteiger partial charge is 0.421 e. The van der Waals surface area contributed by atoms with Crippen LogP contribution in [-0.2, 0) is 24.6 Å². The predicted molar refractivity (Wildman–Crippen MR) is 89.8 cm³/mol. The molecule has 3 heterocycles. The van der Waals surface area contributed by atoms with Gasteiger partial charge < -0.3 is 9.52 Å². The number of carboxylic acid groups (broad SMARTS) is 1. The van der Waals surface area contributed by atoms with Crippen LogP contribution < -0.4 is 0 Å². The molecule has 0 unspecified atom stereocenters. The number of alkyl halides is 3. The van der Waals surface area contributed by atoms with Crippen LogP contribution in [0.1, 0.15) is 45.8 Å². The number of aromatic carboxylic acids is 1. The SMILES string of the molecule is O=C(O)c1oc2c(c1C(F)(F)F)-c1nn(Cc3ccncc3)cc1C1(CC1)C2. The quantitative estimate of drug-likeness (QED) is 0.735. The van der Waals surface area contributed by atoms with Crippen molar-refractivity contribution in [2.45, 2.75) is 37.4 Å². The van der Waals surface area contributed by atoms with E-state index < -0.39 is 23.5 Å². The molecule has 0 aromatic carbocycles. The summed E-state index contributed by atoms with van der Waals surface area (Å²) in [6.07, 6.45) is 2.07. The van der Waals surface area contributed by atoms with Crippen LogP contribution >= 0.6 is 0 Å². The normalized spacial score (nSPS) is 16.7. The zero-order valence-corrected chi connectivity index (χ0v) is 14.5. The number of carboxylic acids is 1. The average molecular weight is 389 g/mol. The number of hydrogen-bond acceptors (Lipinski definition) is 4. The maximum atomic E-state index is 13.7. The number of hydrogen-bond donors (Lipinski definition) is 1. The molecule has 1 fully saturated rings. The van der Waals surface area contributed by atoms with Crippen LogP contribution in [0.5, 0.6) is 0 Å². The molecule has 6 nitrogen and oxygen atoms in total. The molecule has 5 rings (SSSR count). The molecule has 1 spiro atoms. The third kappa shape index (κ3) is 2.45. The number of halogens is 3. The lowest BCUT2D eigenvalue weighted by Crippen LogP contribution is -2.18. The van der Waals surface area contributed by atoms with Crippen molar-refractivity contribution in [2.75, 3.05) is 0 Å². The molecule has 2 aliphatic carbocycles. The van der Waals surface area contributed by atoms with E-state index in [1.165, 1.54) is 0 Å². The van der Waals surface area contributed by atoms with Gasteiger partial charge in [-0.15, -0.1) is 0 Å². The number of rotatable bonds is 3. The average Bonchev–Trinajstić information content (AvgIpc) is 3.08. The largest absolute Gasteiger partial charge is 0.475 e. The second kappa shape index (κ2) is 5.46. The van der Waals surface area contributed by atoms with Gasteiger partial charge in [0.2, 0.25) is 5.76 Å². The first-order chi connectivity index (χ1) is 13.3. The molecule has 2 aliphatic rings. The highest BCUT2D eigenvalue weighted by molar-refractivity contribution is 5.91. The van der Waals surface area contributed by atoms with Gasteiger partial charge >= 0.3 is 12.1 Å². The van der Waals surface area contributed by atoms with Crippen molar-refractivity contribution in [1.29, 1.82) is 0 Å². The van der Waals surface area contributed by atoms with E-state index in [4.69, 9.17) is 4.42 Å². The summed E-state index contributed by atoms with van der Waals surface area (Å²) in [7, 11) is 0. The third-order valence-corrected chi connectivity index (χ3v) is 5.48. The third-order valence-electron chi connectivity index (χ3n) is 5.48. The van der Waals surface area contributed by atoms with Gasteiger partial charge in [-0.05, 0) is 30.5 Å². The first-order valence-corrected chi connectivity index (χ1v) is 8.72. The van der Waals surface area contributed by atoms with Crippen LogP contribution in [0.25, 0.3) is 11.3 Å². The Balaban J connectivity index is 1.69. The summed E-state index contributed by atoms with van der Waals surface area (Å²) in [6.45, 7) is 0.381. The van der Waals surface area contributed by atoms with E-state index in [2.05, 4.69) is 10.1 Å². The summed E-state index contributed by atoms with van der Waals surface area (Å²) in [4.78, 5) is 15.3. The first kappa shape index (κ1) is 17.0. The molecule has 3 aromatic rings. The molecular weight excluding hydrogens is 375 g/mol. The fourth-order valence-corrected chi connectivity index (χ4v) is 4.02. The molecular formula is C19H14F3N3O3. The zero-order valence-electron chi connectivity index (χ0n) is 14.5. The van der Waals surface area contributed by atoms with Crippen LogP contribution in [0.3, 0.4) is 0 Å². The fourth-order valence-electron chi connectivity index (χ4n) is 4.02. The Morgan fingerprint density at radius 2 is 2.00 bits per heavy atom. The van der Waals surface area contributed by atoms with E-state index in [-0.39, 0.29) is 28.9 Å². The molecule has 0 radical (unpaired) electrons. The van der Waals surface area contributed by atoms with Gasteiger partial charge in [0, 0.05) is 36.0 Å². The monoisotopic (exact) mass is 389 g/mol. The van der Waals surface area contributed by atoms with Crippen LogP contribution in [-0.4, -0.2) is 25.8 Å². The minimum absolute atomic E-state index is 0.0592. The molecule has 0 atom stereocenters. The number of fused-ring (bicyclic) bond motifs is 4. The van der Waals surface area contributed by atoms with Gasteiger partial charge in [-0.2, -0.15) is 18.3 Å². The summed E-state index contributed by atoms with van der Waals surface area (Å²) < 4.78 is 48.0. The number of nitrogens with zero attached hydrogens (tertiary/aromatic N) is 3. The number of pyridine rings is 1. The Kier molecular flexibility index (Phi) is 3.32. The van der Waals surface area contributed by atoms with Gasteiger partial charge in [0.15, 0.2) is 0 Å². The number of carbonyl (C=O) groups is 1. The highest BCUT2D eigenvalue weighted by Gasteiger charge is 2.55.